The van der Waals surface area contributed by atoms with Crippen LogP contribution in [0.5, 0.6) is 0 Å². The molecular formula is C35H27IrN3O-2. The third kappa shape index (κ3) is 5.31. The number of benzene rings is 3. The van der Waals surface area contributed by atoms with Crippen molar-refractivity contribution in [1.29, 1.82) is 0 Å². The van der Waals surface area contributed by atoms with Crippen LogP contribution in [0.2, 0.25) is 0 Å². The monoisotopic (exact) mass is 698 g/mol. The molecule has 0 N–H and O–H groups in total. The fourth-order valence-corrected chi connectivity index (χ4v) is 4.58. The molecule has 0 atom stereocenters. The van der Waals surface area contributed by atoms with Gasteiger partial charge in [-0.25, -0.2) is 0 Å². The van der Waals surface area contributed by atoms with Gasteiger partial charge in [0.15, 0.2) is 0 Å². The van der Waals surface area contributed by atoms with Gasteiger partial charge in [0.25, 0.3) is 0 Å². The van der Waals surface area contributed by atoms with Crippen molar-refractivity contribution in [3.63, 3.8) is 0 Å². The molecule has 0 fully saturated rings. The van der Waals surface area contributed by atoms with Gasteiger partial charge in [-0.3, -0.25) is 4.98 Å². The van der Waals surface area contributed by atoms with Gasteiger partial charge in [-0.15, -0.1) is 53.6 Å². The smallest absolute Gasteiger partial charge is 0.147 e. The van der Waals surface area contributed by atoms with Gasteiger partial charge in [0, 0.05) is 49.5 Å². The maximum Gasteiger partial charge on any atom is 0.147 e. The van der Waals surface area contributed by atoms with E-state index in [2.05, 4.69) is 84.3 Å². The van der Waals surface area contributed by atoms with E-state index in [0.717, 1.165) is 60.9 Å². The molecule has 4 aromatic heterocycles. The van der Waals surface area contributed by atoms with Crippen LogP contribution in [-0.4, -0.2) is 15.0 Å². The summed E-state index contributed by atoms with van der Waals surface area (Å²) in [5.74, 6) is 0. The molecule has 0 saturated carbocycles. The van der Waals surface area contributed by atoms with Crippen molar-refractivity contribution in [3.05, 3.63) is 126 Å². The Labute approximate surface area is 247 Å². The van der Waals surface area contributed by atoms with Crippen LogP contribution in [0.4, 0.5) is 0 Å². The van der Waals surface area contributed by atoms with E-state index in [-0.39, 0.29) is 20.1 Å². The fourth-order valence-electron chi connectivity index (χ4n) is 4.58. The average Bonchev–Trinajstić information content (AvgIpc) is 3.35. The minimum absolute atomic E-state index is 0. The molecule has 0 aliphatic heterocycles. The molecule has 4 nitrogen and oxygen atoms in total. The number of nitrogens with zero attached hydrogens (tertiary/aromatic N) is 3. The molecular weight excluding hydrogens is 671 g/mol. The number of aromatic nitrogens is 3. The van der Waals surface area contributed by atoms with Gasteiger partial charge in [0.05, 0.1) is 5.58 Å². The van der Waals surface area contributed by atoms with Gasteiger partial charge < -0.3 is 14.4 Å². The Hall–Kier alpha value is -4.18. The van der Waals surface area contributed by atoms with E-state index in [1.165, 1.54) is 16.7 Å². The van der Waals surface area contributed by atoms with Crippen LogP contribution in [0.1, 0.15) is 22.3 Å². The summed E-state index contributed by atoms with van der Waals surface area (Å²) in [6.07, 6.45) is 5.57. The quantitative estimate of drug-likeness (QED) is 0.170. The fraction of sp³-hybridized carbons (Fsp3) is 0.114. The van der Waals surface area contributed by atoms with E-state index in [4.69, 9.17) is 4.42 Å². The zero-order valence-corrected chi connectivity index (χ0v) is 25.1. The van der Waals surface area contributed by atoms with Crippen LogP contribution in [0, 0.1) is 39.8 Å². The molecule has 40 heavy (non-hydrogen) atoms. The van der Waals surface area contributed by atoms with E-state index in [1.54, 1.807) is 6.20 Å². The molecule has 5 heteroatoms. The molecule has 0 aliphatic carbocycles. The van der Waals surface area contributed by atoms with Gasteiger partial charge in [0.2, 0.25) is 0 Å². The number of hydrogen-bond donors (Lipinski definition) is 0. The standard InChI is InChI=1S/C21H13N2O.C14H14N.Ir/c1-13-7-10-18(23-12-13)17-6-2-5-15-16-9-8-14-4-3-11-22-19(14)21(16)24-20(15)17;1-10-4-6-13(7-5-10)14-8-11(2)12(3)9-15-14;/h2-5,7-12H,1H3;4-6,8-9H,1-3H3;/q2*-1;. The molecule has 4 heterocycles. The van der Waals surface area contributed by atoms with E-state index >= 15 is 0 Å². The maximum atomic E-state index is 6.25. The van der Waals surface area contributed by atoms with E-state index in [9.17, 15) is 0 Å². The predicted octanol–water partition coefficient (Wildman–Crippen LogP) is 8.78. The molecule has 7 aromatic rings. The molecule has 7 rings (SSSR count). The topological polar surface area (TPSA) is 51.8 Å². The van der Waals surface area contributed by atoms with Crippen LogP contribution in [0.3, 0.4) is 0 Å². The molecule has 3 aromatic carbocycles. The largest absolute Gasteiger partial charge is 0.498 e. The summed E-state index contributed by atoms with van der Waals surface area (Å²) in [4.78, 5) is 13.4. The van der Waals surface area contributed by atoms with Crippen molar-refractivity contribution in [1.82, 2.24) is 15.0 Å². The summed E-state index contributed by atoms with van der Waals surface area (Å²) in [6.45, 7) is 8.27. The summed E-state index contributed by atoms with van der Waals surface area (Å²) in [5.41, 5.74) is 11.2. The molecule has 0 amide bonds. The third-order valence-corrected chi connectivity index (χ3v) is 6.96. The second-order valence-corrected chi connectivity index (χ2v) is 9.87. The Morgan fingerprint density at radius 1 is 0.675 bits per heavy atom. The number of rotatable bonds is 2. The number of pyridine rings is 3. The molecule has 0 unspecified atom stereocenters. The zero-order valence-electron chi connectivity index (χ0n) is 22.7. The second-order valence-electron chi connectivity index (χ2n) is 9.87. The van der Waals surface area contributed by atoms with E-state index < -0.39 is 0 Å². The second kappa shape index (κ2) is 11.5. The SMILES string of the molecule is Cc1c[c-]c(-c2cc(C)c(C)cn2)cc1.Cc1ccc(-c2[c-]ccc3c2oc2c3ccc3cccnc32)nc1.[Ir]. The van der Waals surface area contributed by atoms with Crippen molar-refractivity contribution >= 4 is 32.8 Å². The first kappa shape index (κ1) is 27.4. The Bertz CT molecular complexity index is 1940. The number of furan rings is 1. The molecule has 0 bridgehead atoms. The van der Waals surface area contributed by atoms with E-state index in [1.807, 2.05) is 55.7 Å². The van der Waals surface area contributed by atoms with Gasteiger partial charge in [-0.05, 0) is 49.4 Å². The summed E-state index contributed by atoms with van der Waals surface area (Å²) in [6, 6.07) is 30.9. The summed E-state index contributed by atoms with van der Waals surface area (Å²) < 4.78 is 6.25. The minimum atomic E-state index is 0. The maximum absolute atomic E-state index is 6.25. The summed E-state index contributed by atoms with van der Waals surface area (Å²) >= 11 is 0. The Morgan fingerprint density at radius 3 is 2.23 bits per heavy atom. The Morgan fingerprint density at radius 2 is 1.48 bits per heavy atom. The normalized spacial score (nSPS) is 10.8. The van der Waals surface area contributed by atoms with Gasteiger partial charge in [-0.2, -0.15) is 0 Å². The van der Waals surface area contributed by atoms with E-state index in [0.29, 0.717) is 0 Å². The Balaban J connectivity index is 0.000000175. The Kier molecular flexibility index (Phi) is 7.88. The number of aryl methyl sites for hydroxylation is 4. The van der Waals surface area contributed by atoms with Crippen molar-refractivity contribution < 1.29 is 24.5 Å². The van der Waals surface area contributed by atoms with Crippen LogP contribution >= 0.6 is 0 Å². The van der Waals surface area contributed by atoms with Gasteiger partial charge in [0.1, 0.15) is 11.1 Å². The van der Waals surface area contributed by atoms with Gasteiger partial charge >= 0.3 is 0 Å². The molecule has 199 valence electrons. The average molecular weight is 698 g/mol. The molecule has 1 radical (unpaired) electrons. The first-order valence-corrected chi connectivity index (χ1v) is 12.9. The van der Waals surface area contributed by atoms with Crippen molar-refractivity contribution in [2.75, 3.05) is 0 Å². The molecule has 0 saturated heterocycles. The number of hydrogen-bond acceptors (Lipinski definition) is 4. The van der Waals surface area contributed by atoms with Crippen LogP contribution in [-0.2, 0) is 20.1 Å². The third-order valence-electron chi connectivity index (χ3n) is 6.96. The van der Waals surface area contributed by atoms with Crippen molar-refractivity contribution in [2.24, 2.45) is 0 Å². The van der Waals surface area contributed by atoms with Crippen LogP contribution < -0.4 is 0 Å². The van der Waals surface area contributed by atoms with Crippen LogP contribution in [0.15, 0.2) is 95.8 Å². The summed E-state index contributed by atoms with van der Waals surface area (Å²) in [5, 5.41) is 3.20. The zero-order chi connectivity index (χ0) is 26.9. The van der Waals surface area contributed by atoms with Crippen molar-refractivity contribution in [2.45, 2.75) is 27.7 Å². The molecule has 0 aliphatic rings. The molecule has 0 spiro atoms. The van der Waals surface area contributed by atoms with Crippen molar-refractivity contribution in [3.8, 4) is 22.5 Å². The summed E-state index contributed by atoms with van der Waals surface area (Å²) in [7, 11) is 0. The minimum Gasteiger partial charge on any atom is -0.498 e. The first-order chi connectivity index (χ1) is 19.0. The predicted molar refractivity (Wildman–Crippen MR) is 159 cm³/mol. The van der Waals surface area contributed by atoms with Gasteiger partial charge in [-0.1, -0.05) is 59.8 Å². The van der Waals surface area contributed by atoms with Crippen LogP contribution in [0.25, 0.3) is 55.4 Å². The first-order valence-electron chi connectivity index (χ1n) is 12.9. The number of fused-ring (bicyclic) bond motifs is 5.